The number of hydrogen-bond donors (Lipinski definition) is 3. The van der Waals surface area contributed by atoms with Crippen LogP contribution in [0, 0.1) is 23.5 Å². The van der Waals surface area contributed by atoms with Crippen molar-refractivity contribution in [2.24, 2.45) is 17.6 Å². The fourth-order valence-electron chi connectivity index (χ4n) is 4.49. The Morgan fingerprint density at radius 3 is 2.43 bits per heavy atom. The van der Waals surface area contributed by atoms with Gasteiger partial charge < -0.3 is 30.3 Å². The molecular formula is C30H33ClF4N4O5. The van der Waals surface area contributed by atoms with Crippen LogP contribution in [0.25, 0.3) is 11.5 Å². The highest BCUT2D eigenvalue weighted by Crippen LogP contribution is 2.37. The normalized spacial score (nSPS) is 15.7. The SMILES string of the molecule is C[C@H](N)c1oc(-c2ccc(OC(F)F)c(OCC3CC3)c2)nc1C(=O)N[C@@H](CNC(=O)CC1CC1)c1ccc(F)cc1F.Cl. The largest absolute Gasteiger partial charge is 0.489 e. The maximum atomic E-state index is 14.8. The summed E-state index contributed by atoms with van der Waals surface area (Å²) in [6, 6.07) is 5.18. The van der Waals surface area contributed by atoms with Crippen molar-refractivity contribution in [3.8, 4) is 23.0 Å². The molecule has 14 heteroatoms. The fraction of sp³-hybridized carbons (Fsp3) is 0.433. The third-order valence-corrected chi connectivity index (χ3v) is 7.18. The minimum atomic E-state index is -3.06. The summed E-state index contributed by atoms with van der Waals surface area (Å²) in [4.78, 5) is 30.2. The first-order valence-electron chi connectivity index (χ1n) is 14.1. The molecule has 4 N–H and O–H groups in total. The average Bonchev–Trinajstić information content (AvgIpc) is 3.89. The van der Waals surface area contributed by atoms with E-state index in [0.29, 0.717) is 36.5 Å². The summed E-state index contributed by atoms with van der Waals surface area (Å²) in [5.41, 5.74) is 6.14. The second-order valence-electron chi connectivity index (χ2n) is 11.0. The van der Waals surface area contributed by atoms with Gasteiger partial charge in [0.25, 0.3) is 5.91 Å². The molecule has 2 aliphatic carbocycles. The van der Waals surface area contributed by atoms with Crippen LogP contribution in [0.4, 0.5) is 17.6 Å². The highest BCUT2D eigenvalue weighted by molar-refractivity contribution is 5.94. The minimum absolute atomic E-state index is 0. The molecule has 2 atom stereocenters. The van der Waals surface area contributed by atoms with Gasteiger partial charge in [0.2, 0.25) is 11.8 Å². The van der Waals surface area contributed by atoms with Gasteiger partial charge in [-0.3, -0.25) is 9.59 Å². The summed E-state index contributed by atoms with van der Waals surface area (Å²) in [5, 5.41) is 5.36. The first-order chi connectivity index (χ1) is 20.6. The lowest BCUT2D eigenvalue weighted by Crippen LogP contribution is -2.39. The summed E-state index contributed by atoms with van der Waals surface area (Å²) in [6.07, 6.45) is 4.21. The van der Waals surface area contributed by atoms with E-state index in [1.807, 2.05) is 0 Å². The van der Waals surface area contributed by atoms with Gasteiger partial charge >= 0.3 is 6.61 Å². The van der Waals surface area contributed by atoms with Crippen LogP contribution in [-0.2, 0) is 4.79 Å². The third-order valence-electron chi connectivity index (χ3n) is 7.18. The number of amides is 2. The highest BCUT2D eigenvalue weighted by Gasteiger charge is 2.29. The molecule has 238 valence electrons. The lowest BCUT2D eigenvalue weighted by molar-refractivity contribution is -0.121. The van der Waals surface area contributed by atoms with E-state index in [1.165, 1.54) is 24.3 Å². The Morgan fingerprint density at radius 2 is 1.80 bits per heavy atom. The van der Waals surface area contributed by atoms with Gasteiger partial charge in [-0.2, -0.15) is 8.78 Å². The Morgan fingerprint density at radius 1 is 1.07 bits per heavy atom. The van der Waals surface area contributed by atoms with Crippen molar-refractivity contribution in [2.45, 2.75) is 57.7 Å². The second kappa shape index (κ2) is 14.3. The van der Waals surface area contributed by atoms with Crippen LogP contribution in [0.5, 0.6) is 11.5 Å². The molecule has 0 aliphatic heterocycles. The summed E-state index contributed by atoms with van der Waals surface area (Å²) >= 11 is 0. The van der Waals surface area contributed by atoms with Crippen LogP contribution in [-0.4, -0.2) is 36.6 Å². The second-order valence-corrected chi connectivity index (χ2v) is 11.0. The molecule has 0 saturated heterocycles. The molecule has 0 radical (unpaired) electrons. The van der Waals surface area contributed by atoms with Crippen LogP contribution in [0.1, 0.15) is 72.9 Å². The Kier molecular flexibility index (Phi) is 10.7. The van der Waals surface area contributed by atoms with E-state index in [4.69, 9.17) is 14.9 Å². The molecule has 1 heterocycles. The van der Waals surface area contributed by atoms with E-state index in [1.54, 1.807) is 6.92 Å². The van der Waals surface area contributed by atoms with E-state index in [9.17, 15) is 27.2 Å². The molecule has 2 saturated carbocycles. The number of oxazole rings is 1. The number of ether oxygens (including phenoxy) is 2. The summed E-state index contributed by atoms with van der Waals surface area (Å²) in [5.74, 6) is -2.21. The highest BCUT2D eigenvalue weighted by atomic mass is 35.5. The van der Waals surface area contributed by atoms with E-state index < -0.39 is 36.2 Å². The number of nitrogens with two attached hydrogens (primary N) is 1. The Balaban J connectivity index is 0.00000442. The van der Waals surface area contributed by atoms with Gasteiger partial charge in [-0.1, -0.05) is 6.07 Å². The molecule has 5 rings (SSSR count). The molecule has 44 heavy (non-hydrogen) atoms. The molecule has 0 bridgehead atoms. The maximum Gasteiger partial charge on any atom is 0.387 e. The maximum absolute atomic E-state index is 14.8. The van der Waals surface area contributed by atoms with Crippen molar-refractivity contribution in [3.05, 3.63) is 65.1 Å². The molecule has 0 spiro atoms. The Labute approximate surface area is 257 Å². The number of nitrogens with zero attached hydrogens (tertiary/aromatic N) is 1. The van der Waals surface area contributed by atoms with Crippen molar-refractivity contribution >= 4 is 24.2 Å². The third kappa shape index (κ3) is 8.63. The first kappa shape index (κ1) is 33.1. The predicted molar refractivity (Wildman–Crippen MR) is 154 cm³/mol. The first-order valence-corrected chi connectivity index (χ1v) is 14.1. The van der Waals surface area contributed by atoms with Crippen LogP contribution < -0.4 is 25.8 Å². The molecule has 0 unspecified atom stereocenters. The van der Waals surface area contributed by atoms with Crippen molar-refractivity contribution in [2.75, 3.05) is 13.2 Å². The topological polar surface area (TPSA) is 129 Å². The number of carbonyl (C=O) groups excluding carboxylic acids is 2. The molecule has 2 aromatic carbocycles. The molecule has 2 amide bonds. The van der Waals surface area contributed by atoms with E-state index in [-0.39, 0.29) is 59.3 Å². The number of rotatable bonds is 14. The molecule has 1 aromatic heterocycles. The molecular weight excluding hydrogens is 608 g/mol. The smallest absolute Gasteiger partial charge is 0.387 e. The number of carbonyl (C=O) groups is 2. The van der Waals surface area contributed by atoms with Crippen LogP contribution in [0.3, 0.4) is 0 Å². The van der Waals surface area contributed by atoms with Crippen LogP contribution in [0.2, 0.25) is 0 Å². The van der Waals surface area contributed by atoms with Gasteiger partial charge in [0.15, 0.2) is 23.0 Å². The monoisotopic (exact) mass is 640 g/mol. The quantitative estimate of drug-likeness (QED) is 0.189. The Bertz CT molecular complexity index is 1480. The minimum Gasteiger partial charge on any atom is -0.489 e. The number of hydrogen-bond acceptors (Lipinski definition) is 7. The predicted octanol–water partition coefficient (Wildman–Crippen LogP) is 5.84. The van der Waals surface area contributed by atoms with Crippen molar-refractivity contribution < 1.29 is 41.0 Å². The van der Waals surface area contributed by atoms with E-state index in [2.05, 4.69) is 20.4 Å². The summed E-state index contributed by atoms with van der Waals surface area (Å²) < 4.78 is 70.5. The van der Waals surface area contributed by atoms with Gasteiger partial charge in [-0.05, 0) is 68.7 Å². The van der Waals surface area contributed by atoms with Crippen LogP contribution in [0.15, 0.2) is 40.8 Å². The van der Waals surface area contributed by atoms with Crippen molar-refractivity contribution in [1.82, 2.24) is 15.6 Å². The van der Waals surface area contributed by atoms with Gasteiger partial charge in [0.1, 0.15) is 11.6 Å². The fourth-order valence-corrected chi connectivity index (χ4v) is 4.49. The zero-order valence-corrected chi connectivity index (χ0v) is 24.6. The lowest BCUT2D eigenvalue weighted by Gasteiger charge is -2.20. The van der Waals surface area contributed by atoms with Gasteiger partial charge in [0, 0.05) is 30.2 Å². The van der Waals surface area contributed by atoms with Gasteiger partial charge in [-0.25, -0.2) is 13.8 Å². The molecule has 2 fully saturated rings. The zero-order chi connectivity index (χ0) is 30.7. The standard InChI is InChI=1S/C30H32F4N4O5.ClH/c1-15(35)27-26(38-29(43-27)18-6-9-23(42-30(33)34)24(11-18)41-14-17-4-5-17)28(40)37-22(13-36-25(39)10-16-2-3-16)20-8-7-19(31)12-21(20)32;/h6-9,11-12,15-17,22,30H,2-5,10,13-14,35H2,1H3,(H,36,39)(H,37,40);1H/t15-,22-;/m0./s1. The number of aromatic nitrogens is 1. The van der Waals surface area contributed by atoms with Gasteiger partial charge in [0.05, 0.1) is 18.7 Å². The molecule has 9 nitrogen and oxygen atoms in total. The van der Waals surface area contributed by atoms with Crippen molar-refractivity contribution in [3.63, 3.8) is 0 Å². The Hall–Kier alpha value is -3.84. The van der Waals surface area contributed by atoms with Crippen LogP contribution >= 0.6 is 12.4 Å². The zero-order valence-electron chi connectivity index (χ0n) is 23.8. The van der Waals surface area contributed by atoms with E-state index >= 15 is 0 Å². The number of halogens is 5. The van der Waals surface area contributed by atoms with E-state index in [0.717, 1.165) is 31.7 Å². The summed E-state index contributed by atoms with van der Waals surface area (Å²) in [7, 11) is 0. The molecule has 3 aromatic rings. The average molecular weight is 641 g/mol. The number of benzene rings is 2. The number of nitrogens with one attached hydrogen (secondary N) is 2. The molecule has 2 aliphatic rings. The van der Waals surface area contributed by atoms with Crippen molar-refractivity contribution in [1.29, 1.82) is 0 Å². The lowest BCUT2D eigenvalue weighted by atomic mass is 10.0. The van der Waals surface area contributed by atoms with Gasteiger partial charge in [-0.15, -0.1) is 12.4 Å². The summed E-state index contributed by atoms with van der Waals surface area (Å²) in [6.45, 7) is -1.33. The number of alkyl halides is 2.